The van der Waals surface area contributed by atoms with Crippen molar-refractivity contribution >= 4 is 5.91 Å². The highest BCUT2D eigenvalue weighted by molar-refractivity contribution is 5.94. The molecule has 0 aliphatic carbocycles. The van der Waals surface area contributed by atoms with Crippen LogP contribution in [0.5, 0.6) is 0 Å². The van der Waals surface area contributed by atoms with Crippen molar-refractivity contribution < 1.29 is 9.53 Å². The van der Waals surface area contributed by atoms with Gasteiger partial charge < -0.3 is 10.1 Å². The van der Waals surface area contributed by atoms with Gasteiger partial charge in [0.25, 0.3) is 5.91 Å². The molecule has 1 aliphatic heterocycles. The van der Waals surface area contributed by atoms with Gasteiger partial charge in [0.1, 0.15) is 0 Å². The Morgan fingerprint density at radius 2 is 1.88 bits per heavy atom. The lowest BCUT2D eigenvalue weighted by molar-refractivity contribution is 0.0342. The molecule has 1 atom stereocenters. The Kier molecular flexibility index (Phi) is 6.20. The summed E-state index contributed by atoms with van der Waals surface area (Å²) in [6.45, 7) is 7.11. The van der Waals surface area contributed by atoms with Crippen LogP contribution in [0.3, 0.4) is 0 Å². The number of nitrogens with one attached hydrogen (secondary N) is 1. The molecule has 1 fully saturated rings. The molecule has 2 aromatic carbocycles. The van der Waals surface area contributed by atoms with E-state index in [0.717, 1.165) is 38.4 Å². The number of hydrogen-bond donors (Lipinski definition) is 1. The summed E-state index contributed by atoms with van der Waals surface area (Å²) < 4.78 is 5.38. The van der Waals surface area contributed by atoms with Crippen molar-refractivity contribution in [2.24, 2.45) is 0 Å². The van der Waals surface area contributed by atoms with E-state index in [1.54, 1.807) is 0 Å². The first-order chi connectivity index (χ1) is 12.2. The molecule has 0 unspecified atom stereocenters. The molecule has 25 heavy (non-hydrogen) atoms. The maximum absolute atomic E-state index is 12.5. The van der Waals surface area contributed by atoms with E-state index in [0.29, 0.717) is 12.5 Å². The minimum atomic E-state index is -0.00777. The summed E-state index contributed by atoms with van der Waals surface area (Å²) in [4.78, 5) is 14.8. The van der Waals surface area contributed by atoms with E-state index in [9.17, 15) is 4.79 Å². The molecule has 3 rings (SSSR count). The van der Waals surface area contributed by atoms with Crippen LogP contribution in [0.1, 0.15) is 34.3 Å². The van der Waals surface area contributed by atoms with Crippen LogP contribution < -0.4 is 5.32 Å². The van der Waals surface area contributed by atoms with Crippen molar-refractivity contribution in [3.63, 3.8) is 0 Å². The highest BCUT2D eigenvalue weighted by Crippen LogP contribution is 2.14. The molecule has 0 aromatic heterocycles. The van der Waals surface area contributed by atoms with Crippen molar-refractivity contribution in [2.75, 3.05) is 32.8 Å². The lowest BCUT2D eigenvalue weighted by Gasteiger charge is -2.26. The van der Waals surface area contributed by atoms with Crippen molar-refractivity contribution in [3.8, 4) is 0 Å². The number of rotatable bonds is 6. The SMILES string of the molecule is C[C@H](CNC(=O)c1cccc(CN2CCOCC2)c1)c1ccccc1. The molecule has 4 heteroatoms. The van der Waals surface area contributed by atoms with Crippen molar-refractivity contribution in [1.29, 1.82) is 0 Å². The van der Waals surface area contributed by atoms with Crippen LogP contribution in [0, 0.1) is 0 Å². The summed E-state index contributed by atoms with van der Waals surface area (Å²) >= 11 is 0. The predicted octanol–water partition coefficient (Wildman–Crippen LogP) is 3.05. The average Bonchev–Trinajstić information content (AvgIpc) is 2.67. The van der Waals surface area contributed by atoms with Gasteiger partial charge in [-0.1, -0.05) is 49.4 Å². The molecule has 1 N–H and O–H groups in total. The fourth-order valence-electron chi connectivity index (χ4n) is 3.08. The molecule has 0 bridgehead atoms. The number of hydrogen-bond acceptors (Lipinski definition) is 3. The minimum absolute atomic E-state index is 0.00777. The van der Waals surface area contributed by atoms with Crippen LogP contribution in [0.25, 0.3) is 0 Å². The zero-order valence-corrected chi connectivity index (χ0v) is 14.8. The molecule has 0 radical (unpaired) electrons. The highest BCUT2D eigenvalue weighted by atomic mass is 16.5. The Balaban J connectivity index is 1.55. The third-order valence-corrected chi connectivity index (χ3v) is 4.64. The summed E-state index contributed by atoms with van der Waals surface area (Å²) in [5, 5.41) is 3.06. The number of amides is 1. The van der Waals surface area contributed by atoms with E-state index >= 15 is 0 Å². The zero-order valence-electron chi connectivity index (χ0n) is 14.8. The molecule has 0 spiro atoms. The van der Waals surface area contributed by atoms with Gasteiger partial charge in [-0.15, -0.1) is 0 Å². The summed E-state index contributed by atoms with van der Waals surface area (Å²) in [6.07, 6.45) is 0. The van der Waals surface area contributed by atoms with Gasteiger partial charge in [-0.3, -0.25) is 9.69 Å². The van der Waals surface area contributed by atoms with Gasteiger partial charge in [0.15, 0.2) is 0 Å². The third-order valence-electron chi connectivity index (χ3n) is 4.64. The molecule has 0 saturated carbocycles. The molecule has 1 amide bonds. The van der Waals surface area contributed by atoms with Crippen molar-refractivity contribution in [3.05, 3.63) is 71.3 Å². The number of nitrogens with zero attached hydrogens (tertiary/aromatic N) is 1. The second-order valence-electron chi connectivity index (χ2n) is 6.61. The van der Waals surface area contributed by atoms with Crippen LogP contribution in [-0.2, 0) is 11.3 Å². The summed E-state index contributed by atoms with van der Waals surface area (Å²) in [6, 6.07) is 18.2. The second kappa shape index (κ2) is 8.79. The summed E-state index contributed by atoms with van der Waals surface area (Å²) in [7, 11) is 0. The topological polar surface area (TPSA) is 41.6 Å². The standard InChI is InChI=1S/C21H26N2O2/c1-17(19-7-3-2-4-8-19)15-22-21(24)20-9-5-6-18(14-20)16-23-10-12-25-13-11-23/h2-9,14,17H,10-13,15-16H2,1H3,(H,22,24)/t17-/m1/s1. The van der Waals surface area contributed by atoms with Crippen LogP contribution in [-0.4, -0.2) is 43.7 Å². The van der Waals surface area contributed by atoms with Gasteiger partial charge in [-0.2, -0.15) is 0 Å². The predicted molar refractivity (Wildman–Crippen MR) is 99.7 cm³/mol. The monoisotopic (exact) mass is 338 g/mol. The Labute approximate surface area is 149 Å². The summed E-state index contributed by atoms with van der Waals surface area (Å²) in [5.41, 5.74) is 3.14. The molecule has 1 heterocycles. The number of benzene rings is 2. The molecular formula is C21H26N2O2. The quantitative estimate of drug-likeness (QED) is 0.880. The lowest BCUT2D eigenvalue weighted by Crippen LogP contribution is -2.35. The Morgan fingerprint density at radius 3 is 2.64 bits per heavy atom. The van der Waals surface area contributed by atoms with Gasteiger partial charge in [-0.25, -0.2) is 0 Å². The Bertz CT molecular complexity index is 681. The van der Waals surface area contributed by atoms with Crippen LogP contribution in [0.15, 0.2) is 54.6 Å². The van der Waals surface area contributed by atoms with Crippen LogP contribution in [0.2, 0.25) is 0 Å². The van der Waals surface area contributed by atoms with Gasteiger partial charge in [0.05, 0.1) is 13.2 Å². The average molecular weight is 338 g/mol. The third kappa shape index (κ3) is 5.15. The van der Waals surface area contributed by atoms with E-state index in [1.165, 1.54) is 11.1 Å². The zero-order chi connectivity index (χ0) is 17.5. The first-order valence-corrected chi connectivity index (χ1v) is 8.94. The fourth-order valence-corrected chi connectivity index (χ4v) is 3.08. The number of ether oxygens (including phenoxy) is 1. The largest absolute Gasteiger partial charge is 0.379 e. The molecule has 4 nitrogen and oxygen atoms in total. The van der Waals surface area contributed by atoms with Crippen molar-refractivity contribution in [2.45, 2.75) is 19.4 Å². The van der Waals surface area contributed by atoms with E-state index < -0.39 is 0 Å². The van der Waals surface area contributed by atoms with Crippen LogP contribution in [0.4, 0.5) is 0 Å². The first kappa shape index (κ1) is 17.6. The normalized spacial score (nSPS) is 16.4. The van der Waals surface area contributed by atoms with Gasteiger partial charge in [0, 0.05) is 31.7 Å². The molecule has 2 aromatic rings. The van der Waals surface area contributed by atoms with Crippen molar-refractivity contribution in [1.82, 2.24) is 10.2 Å². The van der Waals surface area contributed by atoms with Gasteiger partial charge >= 0.3 is 0 Å². The van der Waals surface area contributed by atoms with E-state index in [-0.39, 0.29) is 5.91 Å². The lowest BCUT2D eigenvalue weighted by atomic mass is 10.0. The maximum Gasteiger partial charge on any atom is 0.251 e. The Hall–Kier alpha value is -2.17. The van der Waals surface area contributed by atoms with E-state index in [1.807, 2.05) is 36.4 Å². The van der Waals surface area contributed by atoms with E-state index in [4.69, 9.17) is 4.74 Å². The first-order valence-electron chi connectivity index (χ1n) is 8.94. The number of carbonyl (C=O) groups is 1. The molecular weight excluding hydrogens is 312 g/mol. The fraction of sp³-hybridized carbons (Fsp3) is 0.381. The molecule has 1 saturated heterocycles. The Morgan fingerprint density at radius 1 is 1.12 bits per heavy atom. The second-order valence-corrected chi connectivity index (χ2v) is 6.61. The van der Waals surface area contributed by atoms with E-state index in [2.05, 4.69) is 35.3 Å². The summed E-state index contributed by atoms with van der Waals surface area (Å²) in [5.74, 6) is 0.285. The maximum atomic E-state index is 12.5. The highest BCUT2D eigenvalue weighted by Gasteiger charge is 2.13. The van der Waals surface area contributed by atoms with Gasteiger partial charge in [0.2, 0.25) is 0 Å². The number of morpholine rings is 1. The minimum Gasteiger partial charge on any atom is -0.379 e. The number of carbonyl (C=O) groups excluding carboxylic acids is 1. The molecule has 132 valence electrons. The molecule has 1 aliphatic rings. The van der Waals surface area contributed by atoms with Gasteiger partial charge in [-0.05, 0) is 29.2 Å². The van der Waals surface area contributed by atoms with Crippen LogP contribution >= 0.6 is 0 Å². The smallest absolute Gasteiger partial charge is 0.251 e.